The lowest BCUT2D eigenvalue weighted by Crippen LogP contribution is -2.49. The maximum absolute atomic E-state index is 10.3. The molecule has 0 aromatic heterocycles. The van der Waals surface area contributed by atoms with Crippen molar-refractivity contribution in [3.8, 4) is 22.6 Å². The Kier molecular flexibility index (Phi) is 4.16. The second-order valence-electron chi connectivity index (χ2n) is 9.12. The third-order valence-corrected chi connectivity index (χ3v) is 7.56. The Morgan fingerprint density at radius 3 is 2.04 bits per heavy atom. The first-order valence-corrected chi connectivity index (χ1v) is 10.6. The fourth-order valence-corrected chi connectivity index (χ4v) is 6.97. The Bertz CT molecular complexity index is 896. The van der Waals surface area contributed by atoms with Crippen LogP contribution >= 0.6 is 12.2 Å². The molecule has 3 nitrogen and oxygen atoms in total. The van der Waals surface area contributed by atoms with E-state index in [2.05, 4.69) is 0 Å². The molecular formula is C24H26O3S. The highest BCUT2D eigenvalue weighted by molar-refractivity contribution is 7.80. The van der Waals surface area contributed by atoms with Gasteiger partial charge in [-0.3, -0.25) is 0 Å². The number of ether oxygens (including phenoxy) is 1. The minimum absolute atomic E-state index is 0.0864. The number of thiocarbonyl (C=S) groups is 1. The second-order valence-corrected chi connectivity index (χ2v) is 9.50. The molecular weight excluding hydrogens is 368 g/mol. The Morgan fingerprint density at radius 1 is 0.964 bits per heavy atom. The Labute approximate surface area is 171 Å². The molecule has 2 aromatic rings. The molecule has 6 rings (SSSR count). The first kappa shape index (κ1) is 18.0. The van der Waals surface area contributed by atoms with Gasteiger partial charge in [-0.15, -0.1) is 0 Å². The number of aromatic hydroxyl groups is 1. The van der Waals surface area contributed by atoms with Crippen molar-refractivity contribution in [1.82, 2.24) is 0 Å². The summed E-state index contributed by atoms with van der Waals surface area (Å²) in [4.78, 5) is 0. The van der Waals surface area contributed by atoms with Crippen LogP contribution in [0.1, 0.15) is 49.7 Å². The van der Waals surface area contributed by atoms with Crippen molar-refractivity contribution in [2.24, 2.45) is 17.8 Å². The number of benzene rings is 2. The fourth-order valence-electron chi connectivity index (χ4n) is 6.80. The van der Waals surface area contributed by atoms with E-state index in [1.54, 1.807) is 19.2 Å². The molecule has 4 saturated carbocycles. The summed E-state index contributed by atoms with van der Waals surface area (Å²) in [5, 5.41) is 20.0. The van der Waals surface area contributed by atoms with E-state index in [9.17, 15) is 10.2 Å². The van der Waals surface area contributed by atoms with E-state index in [-0.39, 0.29) is 16.2 Å². The molecule has 4 heteroatoms. The minimum atomic E-state index is -0.0864. The van der Waals surface area contributed by atoms with Gasteiger partial charge in [0, 0.05) is 22.1 Å². The minimum Gasteiger partial charge on any atom is -0.508 e. The van der Waals surface area contributed by atoms with Crippen molar-refractivity contribution in [1.29, 1.82) is 0 Å². The maximum Gasteiger partial charge on any atom is 0.189 e. The molecule has 0 heterocycles. The molecule has 146 valence electrons. The molecule has 4 fully saturated rings. The number of phenolic OH excluding ortho intramolecular Hbond substituents is 1. The summed E-state index contributed by atoms with van der Waals surface area (Å²) in [7, 11) is 1.73. The van der Waals surface area contributed by atoms with Crippen LogP contribution in [0.5, 0.6) is 11.5 Å². The van der Waals surface area contributed by atoms with Gasteiger partial charge in [0.2, 0.25) is 0 Å². The molecule has 28 heavy (non-hydrogen) atoms. The van der Waals surface area contributed by atoms with Crippen molar-refractivity contribution < 1.29 is 14.9 Å². The van der Waals surface area contributed by atoms with Gasteiger partial charge in [0.25, 0.3) is 0 Å². The first-order valence-electron chi connectivity index (χ1n) is 10.2. The van der Waals surface area contributed by atoms with Gasteiger partial charge < -0.3 is 14.9 Å². The summed E-state index contributed by atoms with van der Waals surface area (Å²) in [5.74, 6) is 3.52. The summed E-state index contributed by atoms with van der Waals surface area (Å²) in [6.07, 6.45) is 7.70. The van der Waals surface area contributed by atoms with Gasteiger partial charge in [0.05, 0.1) is 7.11 Å². The zero-order valence-corrected chi connectivity index (χ0v) is 17.0. The Hall–Kier alpha value is -2.07. The number of methoxy groups -OCH3 is 1. The SMILES string of the molecule is COc1ccc(C(O)=S)c(-c2ccc(O)cc2)c1C12CC3CC(CC(C3)C1)C2. The lowest BCUT2D eigenvalue weighted by Gasteiger charge is -2.57. The van der Waals surface area contributed by atoms with Gasteiger partial charge in [-0.25, -0.2) is 0 Å². The predicted molar refractivity (Wildman–Crippen MR) is 114 cm³/mol. The highest BCUT2D eigenvalue weighted by atomic mass is 32.1. The van der Waals surface area contributed by atoms with Gasteiger partial charge in [-0.1, -0.05) is 12.1 Å². The molecule has 0 atom stereocenters. The van der Waals surface area contributed by atoms with Crippen molar-refractivity contribution in [2.75, 3.05) is 7.11 Å². The standard InChI is InChI=1S/C24H26O3S/c1-27-20-7-6-19(23(26)28)21(17-2-4-18(25)5-3-17)22(20)24-11-14-8-15(12-24)10-16(9-14)13-24/h2-7,14-16,25H,8-13H2,1H3,(H,26,28). The van der Waals surface area contributed by atoms with Crippen molar-refractivity contribution in [2.45, 2.75) is 43.9 Å². The van der Waals surface area contributed by atoms with E-state index in [1.165, 1.54) is 44.1 Å². The zero-order valence-electron chi connectivity index (χ0n) is 16.1. The van der Waals surface area contributed by atoms with Gasteiger partial charge in [0.1, 0.15) is 11.5 Å². The molecule has 2 N–H and O–H groups in total. The topological polar surface area (TPSA) is 49.7 Å². The van der Waals surface area contributed by atoms with Crippen molar-refractivity contribution >= 4 is 17.3 Å². The molecule has 4 aliphatic rings. The molecule has 0 spiro atoms. The predicted octanol–water partition coefficient (Wildman–Crippen LogP) is 5.77. The van der Waals surface area contributed by atoms with Crippen LogP contribution in [-0.2, 0) is 5.41 Å². The van der Waals surface area contributed by atoms with Crippen LogP contribution in [0.3, 0.4) is 0 Å². The van der Waals surface area contributed by atoms with Crippen LogP contribution < -0.4 is 4.74 Å². The van der Waals surface area contributed by atoms with E-state index in [0.717, 1.165) is 34.6 Å². The number of phenols is 1. The summed E-state index contributed by atoms with van der Waals surface area (Å²) in [5.41, 5.74) is 3.94. The van der Waals surface area contributed by atoms with E-state index in [4.69, 9.17) is 17.0 Å². The maximum atomic E-state index is 10.3. The third-order valence-electron chi connectivity index (χ3n) is 7.34. The highest BCUT2D eigenvalue weighted by Crippen LogP contribution is 2.63. The summed E-state index contributed by atoms with van der Waals surface area (Å²) in [6, 6.07) is 11.1. The monoisotopic (exact) mass is 394 g/mol. The molecule has 4 bridgehead atoms. The summed E-state index contributed by atoms with van der Waals surface area (Å²) >= 11 is 5.22. The van der Waals surface area contributed by atoms with Gasteiger partial charge in [-0.05, 0) is 98.3 Å². The third kappa shape index (κ3) is 2.73. The number of hydrogen-bond acceptors (Lipinski definition) is 3. The normalized spacial score (nSPS) is 30.4. The highest BCUT2D eigenvalue weighted by Gasteiger charge is 2.53. The largest absolute Gasteiger partial charge is 0.508 e. The smallest absolute Gasteiger partial charge is 0.189 e. The average molecular weight is 395 g/mol. The molecule has 0 saturated heterocycles. The van der Waals surface area contributed by atoms with Crippen LogP contribution in [0.4, 0.5) is 0 Å². The fraction of sp³-hybridized carbons (Fsp3) is 0.458. The Morgan fingerprint density at radius 2 is 1.54 bits per heavy atom. The average Bonchev–Trinajstić information content (AvgIpc) is 2.66. The quantitative estimate of drug-likeness (QED) is 0.647. The zero-order chi connectivity index (χ0) is 19.5. The van der Waals surface area contributed by atoms with Crippen LogP contribution in [0.15, 0.2) is 36.4 Å². The number of aliphatic hydroxyl groups excluding tert-OH is 1. The number of aliphatic hydroxyl groups is 1. The van der Waals surface area contributed by atoms with Crippen LogP contribution in [0.2, 0.25) is 0 Å². The first-order chi connectivity index (χ1) is 13.5. The molecule has 0 amide bonds. The summed E-state index contributed by atoms with van der Waals surface area (Å²) in [6.45, 7) is 0. The van der Waals surface area contributed by atoms with Gasteiger partial charge in [-0.2, -0.15) is 0 Å². The molecule has 0 radical (unpaired) electrons. The van der Waals surface area contributed by atoms with Crippen LogP contribution in [-0.4, -0.2) is 22.4 Å². The van der Waals surface area contributed by atoms with E-state index < -0.39 is 0 Å². The van der Waals surface area contributed by atoms with Crippen molar-refractivity contribution in [3.63, 3.8) is 0 Å². The van der Waals surface area contributed by atoms with E-state index >= 15 is 0 Å². The molecule has 0 unspecified atom stereocenters. The lowest BCUT2D eigenvalue weighted by atomic mass is 9.47. The number of rotatable bonds is 4. The second kappa shape index (κ2) is 6.48. The molecule has 4 aliphatic carbocycles. The van der Waals surface area contributed by atoms with Crippen LogP contribution in [0, 0.1) is 17.8 Å². The molecule has 0 aliphatic heterocycles. The van der Waals surface area contributed by atoms with Crippen LogP contribution in [0.25, 0.3) is 11.1 Å². The lowest BCUT2D eigenvalue weighted by molar-refractivity contribution is -0.00588. The van der Waals surface area contributed by atoms with Gasteiger partial charge >= 0.3 is 0 Å². The van der Waals surface area contributed by atoms with E-state index in [0.29, 0.717) is 5.56 Å². The molecule has 2 aromatic carbocycles. The summed E-state index contributed by atoms with van der Waals surface area (Å²) < 4.78 is 5.88. The van der Waals surface area contributed by atoms with Crippen molar-refractivity contribution in [3.05, 3.63) is 47.5 Å². The van der Waals surface area contributed by atoms with E-state index in [1.807, 2.05) is 24.3 Å². The van der Waals surface area contributed by atoms with Gasteiger partial charge in [0.15, 0.2) is 5.05 Å². The number of hydrogen-bond donors (Lipinski definition) is 2. The Balaban J connectivity index is 1.78.